The molecule has 0 saturated carbocycles. The quantitative estimate of drug-likeness (QED) is 0.185. The largest absolute Gasteiger partial charge is 0.494 e. The predicted molar refractivity (Wildman–Crippen MR) is 152 cm³/mol. The van der Waals surface area contributed by atoms with Gasteiger partial charge < -0.3 is 24.3 Å². The predicted octanol–water partition coefficient (Wildman–Crippen LogP) is 6.78. The monoisotopic (exact) mass is 490 g/mol. The lowest BCUT2D eigenvalue weighted by Crippen LogP contribution is -2.28. The van der Waals surface area contributed by atoms with Crippen molar-refractivity contribution in [1.82, 2.24) is 14.8 Å². The van der Waals surface area contributed by atoms with Crippen LogP contribution in [0.4, 0.5) is 5.69 Å². The van der Waals surface area contributed by atoms with Crippen molar-refractivity contribution in [2.45, 2.75) is 46.0 Å². The Balaban J connectivity index is 1.54. The van der Waals surface area contributed by atoms with Crippen LogP contribution in [0.5, 0.6) is 5.75 Å². The summed E-state index contributed by atoms with van der Waals surface area (Å²) >= 11 is 0. The Morgan fingerprint density at radius 1 is 0.889 bits per heavy atom. The normalized spacial score (nSPS) is 11.9. The Morgan fingerprint density at radius 2 is 1.64 bits per heavy atom. The summed E-state index contributed by atoms with van der Waals surface area (Å²) < 4.78 is 12.5. The minimum absolute atomic E-state index is 0.712. The van der Waals surface area contributed by atoms with Crippen molar-refractivity contribution in [2.24, 2.45) is 0 Å². The van der Waals surface area contributed by atoms with Crippen LogP contribution in [0.15, 0.2) is 46.9 Å². The first-order valence-corrected chi connectivity index (χ1v) is 13.6. The summed E-state index contributed by atoms with van der Waals surface area (Å²) in [6.07, 6.45) is 6.05. The lowest BCUT2D eigenvalue weighted by molar-refractivity contribution is 0.229. The number of nitrogens with one attached hydrogen (secondary N) is 1. The zero-order valence-corrected chi connectivity index (χ0v) is 22.5. The number of pyridine rings is 1. The second-order valence-corrected chi connectivity index (χ2v) is 9.92. The van der Waals surface area contributed by atoms with Crippen molar-refractivity contribution in [3.05, 3.63) is 42.5 Å². The van der Waals surface area contributed by atoms with Gasteiger partial charge in [0.15, 0.2) is 5.58 Å². The number of anilines is 1. The molecule has 36 heavy (non-hydrogen) atoms. The van der Waals surface area contributed by atoms with Crippen molar-refractivity contribution >= 4 is 38.7 Å². The summed E-state index contributed by atoms with van der Waals surface area (Å²) in [5.41, 5.74) is 4.50. The summed E-state index contributed by atoms with van der Waals surface area (Å²) in [6, 6.07) is 14.3. The molecule has 0 atom stereocenters. The van der Waals surface area contributed by atoms with Crippen LogP contribution in [-0.2, 0) is 0 Å². The van der Waals surface area contributed by atoms with Gasteiger partial charge >= 0.3 is 0 Å². The molecule has 4 aromatic rings. The average molecular weight is 491 g/mol. The van der Waals surface area contributed by atoms with Gasteiger partial charge in [0, 0.05) is 30.4 Å². The summed E-state index contributed by atoms with van der Waals surface area (Å²) in [4.78, 5) is 9.74. The molecule has 2 heterocycles. The summed E-state index contributed by atoms with van der Waals surface area (Å²) in [7, 11) is 4.17. The highest BCUT2D eigenvalue weighted by Gasteiger charge is 2.17. The first kappa shape index (κ1) is 26.2. The molecule has 0 saturated heterocycles. The van der Waals surface area contributed by atoms with Crippen molar-refractivity contribution < 1.29 is 9.15 Å². The number of likely N-dealkylation sites (N-methyl/N-ethyl adjacent to an activating group) is 1. The molecule has 0 amide bonds. The van der Waals surface area contributed by atoms with Crippen LogP contribution in [0.2, 0.25) is 0 Å². The molecule has 4 rings (SSSR count). The highest BCUT2D eigenvalue weighted by molar-refractivity contribution is 6.13. The molecule has 0 fully saturated rings. The zero-order valence-electron chi connectivity index (χ0n) is 22.5. The van der Waals surface area contributed by atoms with Crippen molar-refractivity contribution in [1.29, 1.82) is 0 Å². The Labute approximate surface area is 215 Å². The van der Waals surface area contributed by atoms with Gasteiger partial charge in [0.2, 0.25) is 0 Å². The Kier molecular flexibility index (Phi) is 9.42. The Morgan fingerprint density at radius 3 is 2.39 bits per heavy atom. The number of para-hydroxylation sites is 1. The molecule has 2 aromatic carbocycles. The van der Waals surface area contributed by atoms with Gasteiger partial charge in [-0.15, -0.1) is 0 Å². The van der Waals surface area contributed by atoms with Gasteiger partial charge in [-0.2, -0.15) is 0 Å². The second-order valence-electron chi connectivity index (χ2n) is 9.92. The molecular formula is C30H42N4O2. The van der Waals surface area contributed by atoms with Gasteiger partial charge in [-0.25, -0.2) is 4.98 Å². The molecule has 1 N–H and O–H groups in total. The van der Waals surface area contributed by atoms with E-state index in [-0.39, 0.29) is 0 Å². The third-order valence-corrected chi connectivity index (χ3v) is 6.67. The molecule has 0 radical (unpaired) electrons. The molecule has 0 aliphatic heterocycles. The number of rotatable bonds is 15. The van der Waals surface area contributed by atoms with Crippen LogP contribution in [0.1, 0.15) is 46.0 Å². The maximum atomic E-state index is 6.29. The van der Waals surface area contributed by atoms with Crippen LogP contribution in [0.25, 0.3) is 33.0 Å². The fourth-order valence-corrected chi connectivity index (χ4v) is 4.61. The number of furan rings is 1. The minimum atomic E-state index is 0.712. The Hall–Kier alpha value is -2.83. The molecule has 194 valence electrons. The Bertz CT molecular complexity index is 1240. The van der Waals surface area contributed by atoms with E-state index in [4.69, 9.17) is 14.1 Å². The zero-order chi connectivity index (χ0) is 25.3. The van der Waals surface area contributed by atoms with E-state index in [1.165, 1.54) is 38.8 Å². The summed E-state index contributed by atoms with van der Waals surface area (Å²) in [5.74, 6) is 0.879. The smallest absolute Gasteiger partial charge is 0.177 e. The average Bonchev–Trinajstić information content (AvgIpc) is 3.25. The number of ether oxygens (including phenoxy) is 1. The van der Waals surface area contributed by atoms with E-state index in [0.717, 1.165) is 70.5 Å². The van der Waals surface area contributed by atoms with Gasteiger partial charge in [-0.1, -0.05) is 38.8 Å². The van der Waals surface area contributed by atoms with Crippen molar-refractivity contribution in [2.75, 3.05) is 58.7 Å². The molecule has 0 unspecified atom stereocenters. The highest BCUT2D eigenvalue weighted by Crippen LogP contribution is 2.38. The van der Waals surface area contributed by atoms with E-state index >= 15 is 0 Å². The highest BCUT2D eigenvalue weighted by atomic mass is 16.5. The number of hydrogen-bond acceptors (Lipinski definition) is 6. The van der Waals surface area contributed by atoms with Gasteiger partial charge in [0.25, 0.3) is 0 Å². The maximum Gasteiger partial charge on any atom is 0.177 e. The van der Waals surface area contributed by atoms with E-state index in [0.29, 0.717) is 6.61 Å². The third kappa shape index (κ3) is 6.48. The fraction of sp³-hybridized carbons (Fsp3) is 0.500. The van der Waals surface area contributed by atoms with Gasteiger partial charge in [0.1, 0.15) is 16.8 Å². The lowest BCUT2D eigenvalue weighted by Gasteiger charge is -2.22. The minimum Gasteiger partial charge on any atom is -0.494 e. The number of hydrogen-bond donors (Lipinski definition) is 1. The van der Waals surface area contributed by atoms with Crippen LogP contribution >= 0.6 is 0 Å². The van der Waals surface area contributed by atoms with Crippen LogP contribution in [0, 0.1) is 0 Å². The van der Waals surface area contributed by atoms with Crippen LogP contribution in [0.3, 0.4) is 0 Å². The van der Waals surface area contributed by atoms with E-state index < -0.39 is 0 Å². The first-order valence-electron chi connectivity index (χ1n) is 13.6. The molecule has 2 aromatic heterocycles. The van der Waals surface area contributed by atoms with E-state index in [9.17, 15) is 0 Å². The first-order chi connectivity index (χ1) is 17.6. The van der Waals surface area contributed by atoms with Gasteiger partial charge in [0.05, 0.1) is 17.8 Å². The number of nitrogens with zero attached hydrogens (tertiary/aromatic N) is 3. The summed E-state index contributed by atoms with van der Waals surface area (Å²) in [5, 5.41) is 5.71. The molecular weight excluding hydrogens is 448 g/mol. The topological polar surface area (TPSA) is 53.8 Å². The van der Waals surface area contributed by atoms with Crippen LogP contribution in [-0.4, -0.2) is 68.2 Å². The molecule has 0 bridgehead atoms. The second kappa shape index (κ2) is 12.9. The van der Waals surface area contributed by atoms with Crippen LogP contribution < -0.4 is 10.1 Å². The maximum absolute atomic E-state index is 6.29. The molecule has 0 spiro atoms. The van der Waals surface area contributed by atoms with E-state index in [1.54, 1.807) is 0 Å². The van der Waals surface area contributed by atoms with E-state index in [1.807, 2.05) is 24.3 Å². The number of unbranched alkanes of at least 4 members (excludes halogenated alkanes) is 2. The van der Waals surface area contributed by atoms with E-state index in [2.05, 4.69) is 61.3 Å². The standard InChI is InChI=1S/C30H42N4O2/c1-5-7-17-34(18-8-6-2)19-11-21-35-23-14-15-26-25(22-23)28(31-16-20-33(3)4)30-29(32-26)24-12-9-10-13-27(24)36-30/h9-10,12-15,22H,5-8,11,16-21H2,1-4H3,(H,31,32). The number of benzene rings is 2. The SMILES string of the molecule is CCCCN(CCCC)CCCOc1ccc2nc3c(oc4ccccc43)c(NCCN(C)C)c2c1. The fourth-order valence-electron chi connectivity index (χ4n) is 4.61. The molecule has 6 heteroatoms. The van der Waals surface area contributed by atoms with Crippen molar-refractivity contribution in [3.63, 3.8) is 0 Å². The molecule has 0 aliphatic rings. The number of aromatic nitrogens is 1. The van der Waals surface area contributed by atoms with Crippen molar-refractivity contribution in [3.8, 4) is 5.75 Å². The van der Waals surface area contributed by atoms with Gasteiger partial charge in [-0.3, -0.25) is 0 Å². The molecule has 0 aliphatic carbocycles. The lowest BCUT2D eigenvalue weighted by atomic mass is 10.1. The third-order valence-electron chi connectivity index (χ3n) is 6.67. The summed E-state index contributed by atoms with van der Waals surface area (Å²) in [6.45, 7) is 10.4. The molecule has 6 nitrogen and oxygen atoms in total. The van der Waals surface area contributed by atoms with Gasteiger partial charge in [-0.05, 0) is 76.8 Å². The number of fused-ring (bicyclic) bond motifs is 4.